The monoisotopic (exact) mass is 632 g/mol. The first-order valence-corrected chi connectivity index (χ1v) is 13.8. The molecule has 0 radical (unpaired) electrons. The highest BCUT2D eigenvalue weighted by Gasteiger charge is 2.54. The van der Waals surface area contributed by atoms with E-state index in [1.165, 1.54) is 18.2 Å². The number of aliphatic hydroxyl groups excluding tert-OH is 7. The van der Waals surface area contributed by atoms with E-state index in [-0.39, 0.29) is 59.0 Å². The molecule has 2 aromatic rings. The molecule has 8 rings (SSSR count). The lowest BCUT2D eigenvalue weighted by atomic mass is 9.70. The number of fused-ring (bicyclic) bond motifs is 8. The third kappa shape index (κ3) is 4.20. The van der Waals surface area contributed by atoms with Gasteiger partial charge in [0, 0.05) is 11.5 Å². The van der Waals surface area contributed by atoms with Crippen LogP contribution in [-0.2, 0) is 0 Å². The molecule has 17 heteroatoms. The second kappa shape index (κ2) is 10.3. The summed E-state index contributed by atoms with van der Waals surface area (Å²) in [5.74, 6) is -2.37. The quantitative estimate of drug-likeness (QED) is 0.134. The van der Waals surface area contributed by atoms with Gasteiger partial charge in [0.2, 0.25) is 25.1 Å². The fourth-order valence-electron chi connectivity index (χ4n) is 6.66. The summed E-state index contributed by atoms with van der Waals surface area (Å²) in [6.45, 7) is -0.187. The molecule has 0 aromatic heterocycles. The summed E-state index contributed by atoms with van der Waals surface area (Å²) in [5.41, 5.74) is 0.847. The third-order valence-corrected chi connectivity index (χ3v) is 8.91. The summed E-state index contributed by atoms with van der Waals surface area (Å²) in [6.07, 6.45) is -8.81. The largest absolute Gasteiger partial charge is 0.504 e. The fraction of sp³-hybridized carbons (Fsp3) is 0.429. The van der Waals surface area contributed by atoms with Gasteiger partial charge in [-0.05, 0) is 29.3 Å². The molecule has 2 aliphatic carbocycles. The van der Waals surface area contributed by atoms with E-state index >= 15 is 0 Å². The predicted octanol–water partition coefficient (Wildman–Crippen LogP) is -3.51. The van der Waals surface area contributed by atoms with Gasteiger partial charge in [-0.1, -0.05) is 0 Å². The highest BCUT2D eigenvalue weighted by atomic mass is 16.7. The van der Waals surface area contributed by atoms with Crippen molar-refractivity contribution in [1.29, 1.82) is 0 Å². The Hall–Kier alpha value is -4.36. The van der Waals surface area contributed by atoms with Crippen LogP contribution in [0.5, 0.6) is 34.5 Å². The van der Waals surface area contributed by atoms with E-state index in [1.807, 2.05) is 0 Å². The van der Waals surface area contributed by atoms with Crippen molar-refractivity contribution in [3.8, 4) is 34.5 Å². The molecule has 4 aliphatic heterocycles. The van der Waals surface area contributed by atoms with Gasteiger partial charge in [0.1, 0.15) is 36.6 Å². The second-order valence-corrected chi connectivity index (χ2v) is 11.3. The van der Waals surface area contributed by atoms with Gasteiger partial charge in [-0.3, -0.25) is 9.59 Å². The Morgan fingerprint density at radius 1 is 0.644 bits per heavy atom. The number of phenolic OH excluding ortho intramolecular Hbond substituents is 2. The van der Waals surface area contributed by atoms with Gasteiger partial charge in [0.25, 0.3) is 11.8 Å². The molecule has 10 atom stereocenters. The molecular formula is C28H28N2O15. The molecule has 11 N–H and O–H groups in total. The number of benzene rings is 2. The van der Waals surface area contributed by atoms with Crippen LogP contribution >= 0.6 is 0 Å². The molecule has 0 unspecified atom stereocenters. The number of phenols is 2. The minimum Gasteiger partial charge on any atom is -0.504 e. The number of carbonyl (C=O) groups is 2. The Morgan fingerprint density at radius 2 is 1.22 bits per heavy atom. The van der Waals surface area contributed by atoms with E-state index in [0.29, 0.717) is 11.1 Å². The Balaban J connectivity index is 0.000000145. The zero-order chi connectivity index (χ0) is 32.1. The molecular weight excluding hydrogens is 604 g/mol. The normalized spacial score (nSPS) is 35.0. The van der Waals surface area contributed by atoms with Crippen LogP contribution in [0.4, 0.5) is 0 Å². The van der Waals surface area contributed by atoms with Crippen molar-refractivity contribution >= 4 is 17.4 Å². The highest BCUT2D eigenvalue weighted by molar-refractivity contribution is 6.07. The maximum Gasteiger partial charge on any atom is 0.256 e. The van der Waals surface area contributed by atoms with Gasteiger partial charge < -0.3 is 75.5 Å². The van der Waals surface area contributed by atoms with Crippen molar-refractivity contribution < 1.29 is 74.5 Å². The number of hydrogen-bond acceptors (Lipinski definition) is 15. The molecule has 1 fully saturated rings. The summed E-state index contributed by atoms with van der Waals surface area (Å²) < 4.78 is 20.7. The first kappa shape index (κ1) is 29.4. The van der Waals surface area contributed by atoms with Crippen LogP contribution in [0.3, 0.4) is 0 Å². The van der Waals surface area contributed by atoms with Crippen LogP contribution in [0, 0.1) is 0 Å². The molecule has 2 amide bonds. The standard InChI is InChI=1S/C14H15NO8.C14H13NO7/c16-8-5-3-1-4-13(23-2-22-4)9(17)6(3)14(21)15-7(5)10(18)12(20)11(8)19;16-6-1-5-4-2-7-13(22-3-21-7)11(18)8(4)14(20)15-9(5)12(19)10(6)17/h1,5,7-8,10-12,16-20H,2H2,(H,15,21);1-2,6,9-10,12,16-19H,3H2,(H,15,20)/t5-,7-,8-,10+,11+,12+;6-,9+,10+,12-/m10/s1. The minimum atomic E-state index is -1.60. The van der Waals surface area contributed by atoms with E-state index in [9.17, 15) is 55.5 Å². The van der Waals surface area contributed by atoms with Crippen LogP contribution < -0.4 is 29.6 Å². The molecule has 0 bridgehead atoms. The van der Waals surface area contributed by atoms with E-state index in [4.69, 9.17) is 18.9 Å². The fourth-order valence-corrected chi connectivity index (χ4v) is 6.66. The van der Waals surface area contributed by atoms with Crippen LogP contribution in [0.2, 0.25) is 0 Å². The van der Waals surface area contributed by atoms with Crippen LogP contribution in [-0.4, -0.2) is 126 Å². The van der Waals surface area contributed by atoms with E-state index in [2.05, 4.69) is 10.6 Å². The van der Waals surface area contributed by atoms with Gasteiger partial charge in [0.15, 0.2) is 23.0 Å². The molecule has 4 heterocycles. The summed E-state index contributed by atoms with van der Waals surface area (Å²) >= 11 is 0. The molecule has 17 nitrogen and oxygen atoms in total. The summed E-state index contributed by atoms with van der Waals surface area (Å²) in [6, 6.07) is 1.07. The van der Waals surface area contributed by atoms with Crippen molar-refractivity contribution in [2.24, 2.45) is 0 Å². The number of aliphatic hydroxyl groups is 7. The van der Waals surface area contributed by atoms with E-state index < -0.39 is 78.3 Å². The lowest BCUT2D eigenvalue weighted by molar-refractivity contribution is -0.155. The topological polar surface area (TPSA) is 277 Å². The first-order valence-electron chi connectivity index (χ1n) is 13.8. The molecule has 240 valence electrons. The van der Waals surface area contributed by atoms with Crippen molar-refractivity contribution in [2.75, 3.05) is 13.6 Å². The average molecular weight is 633 g/mol. The van der Waals surface area contributed by atoms with Crippen LogP contribution in [0.15, 0.2) is 18.2 Å². The second-order valence-electron chi connectivity index (χ2n) is 11.3. The van der Waals surface area contributed by atoms with Crippen molar-refractivity contribution in [3.05, 3.63) is 40.5 Å². The van der Waals surface area contributed by atoms with E-state index in [0.717, 1.165) is 0 Å². The number of ether oxygens (including phenoxy) is 4. The number of aromatic hydroxyl groups is 2. The van der Waals surface area contributed by atoms with Crippen LogP contribution in [0.25, 0.3) is 5.57 Å². The van der Waals surface area contributed by atoms with Crippen molar-refractivity contribution in [2.45, 2.75) is 60.7 Å². The maximum absolute atomic E-state index is 12.3. The average Bonchev–Trinajstić information content (AvgIpc) is 3.69. The van der Waals surface area contributed by atoms with Gasteiger partial charge in [-0.15, -0.1) is 0 Å². The van der Waals surface area contributed by atoms with Gasteiger partial charge >= 0.3 is 0 Å². The van der Waals surface area contributed by atoms with E-state index in [1.54, 1.807) is 0 Å². The van der Waals surface area contributed by atoms with Crippen molar-refractivity contribution in [1.82, 2.24) is 10.6 Å². The number of carbonyl (C=O) groups excluding carboxylic acids is 2. The number of nitrogens with one attached hydrogen (secondary N) is 2. The Bertz CT molecular complexity index is 1640. The van der Waals surface area contributed by atoms with Gasteiger partial charge in [-0.25, -0.2) is 0 Å². The first-order chi connectivity index (χ1) is 21.4. The van der Waals surface area contributed by atoms with Crippen LogP contribution in [0.1, 0.15) is 37.8 Å². The number of amides is 2. The smallest absolute Gasteiger partial charge is 0.256 e. The molecule has 1 saturated carbocycles. The van der Waals surface area contributed by atoms with Gasteiger partial charge in [-0.2, -0.15) is 0 Å². The zero-order valence-corrected chi connectivity index (χ0v) is 22.9. The van der Waals surface area contributed by atoms with Gasteiger partial charge in [0.05, 0.1) is 29.3 Å². The highest BCUT2D eigenvalue weighted by Crippen LogP contribution is 2.51. The summed E-state index contributed by atoms with van der Waals surface area (Å²) in [4.78, 5) is 24.5. The Morgan fingerprint density at radius 3 is 1.89 bits per heavy atom. The molecule has 0 saturated heterocycles. The molecule has 45 heavy (non-hydrogen) atoms. The number of rotatable bonds is 0. The van der Waals surface area contributed by atoms with Crippen molar-refractivity contribution in [3.63, 3.8) is 0 Å². The summed E-state index contributed by atoms with van der Waals surface area (Å²) in [7, 11) is 0. The number of hydrogen-bond donors (Lipinski definition) is 11. The lowest BCUT2D eigenvalue weighted by Gasteiger charge is -2.47. The minimum absolute atomic E-state index is 0.0115. The summed E-state index contributed by atoms with van der Waals surface area (Å²) in [5, 5.41) is 95.2. The zero-order valence-electron chi connectivity index (χ0n) is 22.9. The lowest BCUT2D eigenvalue weighted by Crippen LogP contribution is -2.66. The molecule has 2 aromatic carbocycles. The third-order valence-electron chi connectivity index (χ3n) is 8.91. The SMILES string of the molecule is O=C1N[C@@H]2C(=C[C@H](O)[C@@H](O)[C@H]2O)c2cc3c(c(O)c21)OCO3.O=C1N[C@H]2[C@H](O)[C@H](O)[C@@H](O)[C@H](O)[C@@H]2c2cc3c(c(O)c21)OCO3. The predicted molar refractivity (Wildman–Crippen MR) is 144 cm³/mol. The Kier molecular flexibility index (Phi) is 6.75. The molecule has 6 aliphatic rings. The maximum atomic E-state index is 12.3. The Labute approximate surface area is 252 Å². The molecule has 0 spiro atoms.